The van der Waals surface area contributed by atoms with Crippen molar-refractivity contribution in [1.29, 1.82) is 0 Å². The molecule has 1 aliphatic rings. The highest BCUT2D eigenvalue weighted by Gasteiger charge is 2.29. The fourth-order valence-electron chi connectivity index (χ4n) is 2.75. The molecule has 0 saturated heterocycles. The van der Waals surface area contributed by atoms with Gasteiger partial charge in [-0.15, -0.1) is 0 Å². The van der Waals surface area contributed by atoms with Crippen molar-refractivity contribution in [1.82, 2.24) is 4.98 Å². The number of alkyl halides is 1. The van der Waals surface area contributed by atoms with Crippen molar-refractivity contribution in [2.75, 3.05) is 5.32 Å². The van der Waals surface area contributed by atoms with E-state index in [2.05, 4.69) is 10.3 Å². The maximum absolute atomic E-state index is 13.3. The SMILES string of the molecule is O=[N+]([O-])c1c(Cl)nc2ccccc2c1N[C@H]1CC[C@@H](F)C1. The number of hydrogen-bond donors (Lipinski definition) is 1. The first-order chi connectivity index (χ1) is 10.1. The fraction of sp³-hybridized carbons (Fsp3) is 0.357. The molecule has 1 saturated carbocycles. The van der Waals surface area contributed by atoms with Crippen molar-refractivity contribution in [3.63, 3.8) is 0 Å². The molecule has 0 amide bonds. The first kappa shape index (κ1) is 14.0. The van der Waals surface area contributed by atoms with E-state index in [0.29, 0.717) is 35.9 Å². The molecule has 110 valence electrons. The molecule has 0 bridgehead atoms. The summed E-state index contributed by atoms with van der Waals surface area (Å²) in [6.07, 6.45) is 0.616. The van der Waals surface area contributed by atoms with Gasteiger partial charge < -0.3 is 5.32 Å². The largest absolute Gasteiger partial charge is 0.376 e. The molecular weight excluding hydrogens is 297 g/mol. The highest BCUT2D eigenvalue weighted by atomic mass is 35.5. The summed E-state index contributed by atoms with van der Waals surface area (Å²) in [7, 11) is 0. The molecule has 2 aromatic rings. The van der Waals surface area contributed by atoms with Gasteiger partial charge in [-0.2, -0.15) is 0 Å². The predicted molar refractivity (Wildman–Crippen MR) is 79.6 cm³/mol. The maximum atomic E-state index is 13.3. The van der Waals surface area contributed by atoms with E-state index in [1.807, 2.05) is 0 Å². The molecule has 0 aliphatic heterocycles. The summed E-state index contributed by atoms with van der Waals surface area (Å²) in [5.41, 5.74) is 0.651. The number of nitro groups is 1. The van der Waals surface area contributed by atoms with Crippen LogP contribution >= 0.6 is 11.6 Å². The van der Waals surface area contributed by atoms with Gasteiger partial charge in [0.05, 0.1) is 10.4 Å². The molecule has 3 rings (SSSR count). The Balaban J connectivity index is 2.12. The quantitative estimate of drug-likeness (QED) is 0.526. The van der Waals surface area contributed by atoms with Crippen molar-refractivity contribution in [2.24, 2.45) is 0 Å². The number of nitrogens with one attached hydrogen (secondary N) is 1. The number of para-hydroxylation sites is 1. The van der Waals surface area contributed by atoms with E-state index in [1.54, 1.807) is 24.3 Å². The van der Waals surface area contributed by atoms with E-state index in [-0.39, 0.29) is 16.9 Å². The van der Waals surface area contributed by atoms with Crippen LogP contribution in [0.2, 0.25) is 5.15 Å². The Morgan fingerprint density at radius 1 is 1.38 bits per heavy atom. The Hall–Kier alpha value is -1.95. The maximum Gasteiger partial charge on any atom is 0.329 e. The smallest absolute Gasteiger partial charge is 0.329 e. The molecule has 0 spiro atoms. The molecule has 1 heterocycles. The molecule has 1 aromatic carbocycles. The van der Waals surface area contributed by atoms with Crippen LogP contribution in [0.1, 0.15) is 19.3 Å². The summed E-state index contributed by atoms with van der Waals surface area (Å²) in [5, 5.41) is 14.9. The van der Waals surface area contributed by atoms with Crippen LogP contribution in [0.5, 0.6) is 0 Å². The second-order valence-electron chi connectivity index (χ2n) is 5.15. The second kappa shape index (κ2) is 5.44. The topological polar surface area (TPSA) is 68.1 Å². The van der Waals surface area contributed by atoms with Gasteiger partial charge in [-0.05, 0) is 25.3 Å². The average Bonchev–Trinajstić information content (AvgIpc) is 2.83. The lowest BCUT2D eigenvalue weighted by Gasteiger charge is -2.16. The number of halogens is 2. The van der Waals surface area contributed by atoms with Gasteiger partial charge in [-0.25, -0.2) is 9.37 Å². The van der Waals surface area contributed by atoms with Crippen molar-refractivity contribution < 1.29 is 9.31 Å². The zero-order valence-corrected chi connectivity index (χ0v) is 11.8. The summed E-state index contributed by atoms with van der Waals surface area (Å²) in [5.74, 6) is 0. The van der Waals surface area contributed by atoms with Crippen molar-refractivity contribution in [2.45, 2.75) is 31.5 Å². The Morgan fingerprint density at radius 3 is 2.81 bits per heavy atom. The molecule has 1 fully saturated rings. The lowest BCUT2D eigenvalue weighted by molar-refractivity contribution is -0.384. The van der Waals surface area contributed by atoms with Crippen LogP contribution in [0.4, 0.5) is 15.8 Å². The first-order valence-corrected chi connectivity index (χ1v) is 7.07. The molecule has 7 heteroatoms. The Morgan fingerprint density at radius 2 is 2.14 bits per heavy atom. The molecule has 5 nitrogen and oxygen atoms in total. The number of anilines is 1. The van der Waals surface area contributed by atoms with Gasteiger partial charge in [-0.1, -0.05) is 29.8 Å². The second-order valence-corrected chi connectivity index (χ2v) is 5.51. The fourth-order valence-corrected chi connectivity index (χ4v) is 3.00. The lowest BCUT2D eigenvalue weighted by atomic mass is 10.1. The molecular formula is C14H13ClFN3O2. The number of benzene rings is 1. The van der Waals surface area contributed by atoms with Crippen LogP contribution in [0, 0.1) is 10.1 Å². The van der Waals surface area contributed by atoms with Gasteiger partial charge in [0, 0.05) is 11.4 Å². The Labute approximate surface area is 125 Å². The minimum absolute atomic E-state index is 0.124. The molecule has 0 radical (unpaired) electrons. The molecule has 2 atom stereocenters. The van der Waals surface area contributed by atoms with Crippen LogP contribution in [-0.2, 0) is 0 Å². The summed E-state index contributed by atoms with van der Waals surface area (Å²) in [6, 6.07) is 6.92. The standard InChI is InChI=1S/C14H13ClFN3O2/c15-14-13(19(20)21)12(17-9-6-5-8(16)7-9)10-3-1-2-4-11(10)18-14/h1-4,8-9H,5-7H2,(H,17,18)/t8-,9+/m1/s1. The lowest BCUT2D eigenvalue weighted by Crippen LogP contribution is -2.17. The van der Waals surface area contributed by atoms with Gasteiger partial charge >= 0.3 is 5.69 Å². The van der Waals surface area contributed by atoms with E-state index in [0.717, 1.165) is 0 Å². The number of pyridine rings is 1. The summed E-state index contributed by atoms with van der Waals surface area (Å²) in [4.78, 5) is 14.8. The van der Waals surface area contributed by atoms with E-state index in [1.165, 1.54) is 0 Å². The molecule has 1 N–H and O–H groups in total. The highest BCUT2D eigenvalue weighted by molar-refractivity contribution is 6.33. The third kappa shape index (κ3) is 2.63. The monoisotopic (exact) mass is 309 g/mol. The van der Waals surface area contributed by atoms with E-state index in [4.69, 9.17) is 11.6 Å². The third-order valence-corrected chi connectivity index (χ3v) is 3.99. The van der Waals surface area contributed by atoms with Crippen LogP contribution in [0.15, 0.2) is 24.3 Å². The molecule has 1 aromatic heterocycles. The van der Waals surface area contributed by atoms with Crippen molar-refractivity contribution in [3.8, 4) is 0 Å². The van der Waals surface area contributed by atoms with Crippen molar-refractivity contribution in [3.05, 3.63) is 39.5 Å². The molecule has 0 unspecified atom stereocenters. The van der Waals surface area contributed by atoms with Gasteiger partial charge in [-0.3, -0.25) is 10.1 Å². The van der Waals surface area contributed by atoms with Gasteiger partial charge in [0.25, 0.3) is 0 Å². The van der Waals surface area contributed by atoms with Gasteiger partial charge in [0.15, 0.2) is 0 Å². The number of rotatable bonds is 3. The molecule has 1 aliphatic carbocycles. The van der Waals surface area contributed by atoms with E-state index < -0.39 is 11.1 Å². The van der Waals surface area contributed by atoms with Crippen LogP contribution in [0.25, 0.3) is 10.9 Å². The number of aromatic nitrogens is 1. The van der Waals surface area contributed by atoms with Crippen LogP contribution < -0.4 is 5.32 Å². The van der Waals surface area contributed by atoms with E-state index in [9.17, 15) is 14.5 Å². The highest BCUT2D eigenvalue weighted by Crippen LogP contribution is 2.39. The number of hydrogen-bond acceptors (Lipinski definition) is 4. The van der Waals surface area contributed by atoms with Crippen LogP contribution in [0.3, 0.4) is 0 Å². The Bertz CT molecular complexity index is 710. The average molecular weight is 310 g/mol. The summed E-state index contributed by atoms with van der Waals surface area (Å²) in [6.45, 7) is 0. The number of fused-ring (bicyclic) bond motifs is 1. The minimum atomic E-state index is -0.856. The minimum Gasteiger partial charge on any atom is -0.376 e. The number of nitrogens with zero attached hydrogens (tertiary/aromatic N) is 2. The van der Waals surface area contributed by atoms with Crippen LogP contribution in [-0.4, -0.2) is 22.1 Å². The first-order valence-electron chi connectivity index (χ1n) is 6.69. The zero-order chi connectivity index (χ0) is 15.0. The summed E-state index contributed by atoms with van der Waals surface area (Å²) < 4.78 is 13.3. The van der Waals surface area contributed by atoms with Gasteiger partial charge in [0.2, 0.25) is 5.15 Å². The zero-order valence-electron chi connectivity index (χ0n) is 11.1. The van der Waals surface area contributed by atoms with E-state index >= 15 is 0 Å². The predicted octanol–water partition coefficient (Wildman–Crippen LogP) is 4.10. The normalized spacial score (nSPS) is 21.6. The third-order valence-electron chi connectivity index (χ3n) is 3.72. The Kier molecular flexibility index (Phi) is 3.63. The summed E-state index contributed by atoms with van der Waals surface area (Å²) >= 11 is 5.95. The van der Waals surface area contributed by atoms with Gasteiger partial charge in [0.1, 0.15) is 11.9 Å². The molecule has 21 heavy (non-hydrogen) atoms. The van der Waals surface area contributed by atoms with Crippen molar-refractivity contribution >= 4 is 33.9 Å².